The Morgan fingerprint density at radius 1 is 0.897 bits per heavy atom. The number of aromatic nitrogens is 2. The number of carbonyl (C=O) groups is 2. The minimum Gasteiger partial charge on any atom is -0.336 e. The zero-order valence-electron chi connectivity index (χ0n) is 17.0. The van der Waals surface area contributed by atoms with E-state index < -0.39 is 0 Å². The van der Waals surface area contributed by atoms with Gasteiger partial charge in [-0.2, -0.15) is 0 Å². The standard InChI is InChI=1S/C22H30N4O3/c27-20-16-10-12-25(21(28)15-8-9-15)13-17(16)23-19(24-20)18-7-3-4-11-26(18)22(29)14-5-1-2-6-14/h14-15,18H,1-13H2,(H,23,24,27). The molecule has 0 radical (unpaired) electrons. The van der Waals surface area contributed by atoms with Crippen LogP contribution in [0.25, 0.3) is 0 Å². The van der Waals surface area contributed by atoms with E-state index in [1.807, 2.05) is 9.80 Å². The molecule has 7 heteroatoms. The Labute approximate surface area is 170 Å². The number of aromatic amines is 1. The molecule has 7 nitrogen and oxygen atoms in total. The topological polar surface area (TPSA) is 86.4 Å². The first-order chi connectivity index (χ1) is 14.1. The number of likely N-dealkylation sites (tertiary alicyclic amines) is 1. The molecule has 3 fully saturated rings. The van der Waals surface area contributed by atoms with Crippen LogP contribution in [0.15, 0.2) is 4.79 Å². The van der Waals surface area contributed by atoms with Crippen LogP contribution in [0, 0.1) is 11.8 Å². The fourth-order valence-corrected chi connectivity index (χ4v) is 5.28. The number of nitrogens with zero attached hydrogens (tertiary/aromatic N) is 3. The molecule has 4 aliphatic rings. The summed E-state index contributed by atoms with van der Waals surface area (Å²) in [5.74, 6) is 1.36. The molecule has 0 spiro atoms. The predicted molar refractivity (Wildman–Crippen MR) is 107 cm³/mol. The van der Waals surface area contributed by atoms with Crippen molar-refractivity contribution in [3.05, 3.63) is 27.4 Å². The highest BCUT2D eigenvalue weighted by Gasteiger charge is 2.37. The fourth-order valence-electron chi connectivity index (χ4n) is 5.28. The molecule has 2 amide bonds. The van der Waals surface area contributed by atoms with Crippen LogP contribution >= 0.6 is 0 Å². The van der Waals surface area contributed by atoms with Crippen LogP contribution in [0.3, 0.4) is 0 Å². The van der Waals surface area contributed by atoms with E-state index in [1.165, 1.54) is 0 Å². The summed E-state index contributed by atoms with van der Waals surface area (Å²) >= 11 is 0. The Kier molecular flexibility index (Phi) is 4.92. The van der Waals surface area contributed by atoms with Gasteiger partial charge in [-0.05, 0) is 51.4 Å². The summed E-state index contributed by atoms with van der Waals surface area (Å²) in [5.41, 5.74) is 1.34. The fraction of sp³-hybridized carbons (Fsp3) is 0.727. The van der Waals surface area contributed by atoms with Crippen molar-refractivity contribution in [1.29, 1.82) is 0 Å². The molecule has 0 bridgehead atoms. The van der Waals surface area contributed by atoms with E-state index in [9.17, 15) is 14.4 Å². The number of fused-ring (bicyclic) bond motifs is 1. The average Bonchev–Trinajstić information content (AvgIpc) is 3.46. The van der Waals surface area contributed by atoms with Gasteiger partial charge in [0.05, 0.1) is 18.3 Å². The second-order valence-corrected chi connectivity index (χ2v) is 9.19. The number of rotatable bonds is 3. The number of amides is 2. The number of hydrogen-bond acceptors (Lipinski definition) is 4. The lowest BCUT2D eigenvalue weighted by molar-refractivity contribution is -0.139. The maximum Gasteiger partial charge on any atom is 0.254 e. The van der Waals surface area contributed by atoms with E-state index in [2.05, 4.69) is 4.98 Å². The summed E-state index contributed by atoms with van der Waals surface area (Å²) in [6.45, 7) is 1.76. The summed E-state index contributed by atoms with van der Waals surface area (Å²) in [6, 6.07) is -0.149. The van der Waals surface area contributed by atoms with Gasteiger partial charge in [-0.3, -0.25) is 14.4 Å². The largest absolute Gasteiger partial charge is 0.336 e. The Morgan fingerprint density at radius 3 is 2.38 bits per heavy atom. The maximum atomic E-state index is 13.1. The summed E-state index contributed by atoms with van der Waals surface area (Å²) in [5, 5.41) is 0. The zero-order valence-corrected chi connectivity index (χ0v) is 17.0. The molecule has 0 aromatic carbocycles. The van der Waals surface area contributed by atoms with Gasteiger partial charge in [-0.1, -0.05) is 12.8 Å². The van der Waals surface area contributed by atoms with Crippen LogP contribution in [0.4, 0.5) is 0 Å². The molecule has 1 N–H and O–H groups in total. The second kappa shape index (κ2) is 7.58. The maximum absolute atomic E-state index is 13.1. The molecule has 3 heterocycles. The molecular formula is C22H30N4O3. The van der Waals surface area contributed by atoms with E-state index in [-0.39, 0.29) is 35.3 Å². The quantitative estimate of drug-likeness (QED) is 0.847. The minimum atomic E-state index is -0.149. The molecule has 1 aromatic rings. The van der Waals surface area contributed by atoms with Crippen LogP contribution in [-0.2, 0) is 22.6 Å². The number of nitrogens with one attached hydrogen (secondary N) is 1. The Bertz CT molecular complexity index is 869. The van der Waals surface area contributed by atoms with Crippen LogP contribution in [0.2, 0.25) is 0 Å². The SMILES string of the molecule is O=C(C1CC1)N1CCc2c(nc(C3CCCCN3C(=O)C3CCCC3)[nH]c2=O)C1. The molecule has 5 rings (SSSR count). The molecular weight excluding hydrogens is 368 g/mol. The molecule has 1 aromatic heterocycles. The lowest BCUT2D eigenvalue weighted by Crippen LogP contribution is -2.44. The molecule has 29 heavy (non-hydrogen) atoms. The molecule has 1 atom stereocenters. The van der Waals surface area contributed by atoms with E-state index in [0.717, 1.165) is 70.0 Å². The van der Waals surface area contributed by atoms with Gasteiger partial charge in [0.15, 0.2) is 0 Å². The molecule has 2 aliphatic carbocycles. The van der Waals surface area contributed by atoms with Gasteiger partial charge in [-0.25, -0.2) is 4.98 Å². The van der Waals surface area contributed by atoms with E-state index in [4.69, 9.17) is 4.98 Å². The molecule has 1 unspecified atom stereocenters. The smallest absolute Gasteiger partial charge is 0.254 e. The van der Waals surface area contributed by atoms with Gasteiger partial charge in [-0.15, -0.1) is 0 Å². The first-order valence-corrected chi connectivity index (χ1v) is 11.3. The van der Waals surface area contributed by atoms with Crippen molar-refractivity contribution in [2.45, 2.75) is 76.8 Å². The summed E-state index contributed by atoms with van der Waals surface area (Å²) < 4.78 is 0. The van der Waals surface area contributed by atoms with Gasteiger partial charge in [0.25, 0.3) is 5.56 Å². The van der Waals surface area contributed by atoms with Crippen LogP contribution < -0.4 is 5.56 Å². The third-order valence-corrected chi connectivity index (χ3v) is 7.14. The third-order valence-electron chi connectivity index (χ3n) is 7.14. The van der Waals surface area contributed by atoms with Crippen molar-refractivity contribution in [2.75, 3.05) is 13.1 Å². The first-order valence-electron chi connectivity index (χ1n) is 11.3. The van der Waals surface area contributed by atoms with Gasteiger partial charge in [0, 0.05) is 30.5 Å². The van der Waals surface area contributed by atoms with Crippen molar-refractivity contribution in [2.24, 2.45) is 11.8 Å². The van der Waals surface area contributed by atoms with E-state index in [0.29, 0.717) is 30.9 Å². The highest BCUT2D eigenvalue weighted by atomic mass is 16.2. The summed E-state index contributed by atoms with van der Waals surface area (Å²) in [4.78, 5) is 50.1. The van der Waals surface area contributed by atoms with Crippen molar-refractivity contribution in [1.82, 2.24) is 19.8 Å². The summed E-state index contributed by atoms with van der Waals surface area (Å²) in [7, 11) is 0. The Balaban J connectivity index is 1.41. The molecule has 156 valence electrons. The lowest BCUT2D eigenvalue weighted by atomic mass is 9.97. The van der Waals surface area contributed by atoms with Crippen molar-refractivity contribution in [3.63, 3.8) is 0 Å². The number of hydrogen-bond donors (Lipinski definition) is 1. The average molecular weight is 399 g/mol. The highest BCUT2D eigenvalue weighted by molar-refractivity contribution is 5.81. The second-order valence-electron chi connectivity index (χ2n) is 9.19. The van der Waals surface area contributed by atoms with Crippen molar-refractivity contribution in [3.8, 4) is 0 Å². The van der Waals surface area contributed by atoms with Gasteiger partial charge < -0.3 is 14.8 Å². The molecule has 1 saturated heterocycles. The molecule has 2 saturated carbocycles. The number of piperidine rings is 1. The monoisotopic (exact) mass is 398 g/mol. The van der Waals surface area contributed by atoms with Crippen molar-refractivity contribution >= 4 is 11.8 Å². The Hall–Kier alpha value is -2.18. The Morgan fingerprint density at radius 2 is 1.62 bits per heavy atom. The van der Waals surface area contributed by atoms with Gasteiger partial charge >= 0.3 is 0 Å². The normalized spacial score (nSPS) is 25.2. The van der Waals surface area contributed by atoms with Gasteiger partial charge in [0.2, 0.25) is 11.8 Å². The van der Waals surface area contributed by atoms with Gasteiger partial charge in [0.1, 0.15) is 5.82 Å². The van der Waals surface area contributed by atoms with Crippen LogP contribution in [-0.4, -0.2) is 44.7 Å². The number of carbonyl (C=O) groups excluding carboxylic acids is 2. The predicted octanol–water partition coefficient (Wildman–Crippen LogP) is 2.31. The number of H-pyrrole nitrogens is 1. The summed E-state index contributed by atoms with van der Waals surface area (Å²) in [6.07, 6.45) is 9.63. The van der Waals surface area contributed by atoms with Crippen LogP contribution in [0.1, 0.15) is 80.9 Å². The van der Waals surface area contributed by atoms with Crippen LogP contribution in [0.5, 0.6) is 0 Å². The van der Waals surface area contributed by atoms with Crippen molar-refractivity contribution < 1.29 is 9.59 Å². The zero-order chi connectivity index (χ0) is 20.0. The van der Waals surface area contributed by atoms with E-state index >= 15 is 0 Å². The highest BCUT2D eigenvalue weighted by Crippen LogP contribution is 2.35. The van der Waals surface area contributed by atoms with E-state index in [1.54, 1.807) is 0 Å². The first kappa shape index (κ1) is 18.8. The molecule has 2 aliphatic heterocycles. The lowest BCUT2D eigenvalue weighted by Gasteiger charge is -2.37. The third kappa shape index (κ3) is 3.60. The minimum absolute atomic E-state index is 0.0950.